The standard InChI is InChI=1S/C10H14N2O3S/c1-7-6-16-9(12-7)5-8(13)11-4-3-10(14)15-2/h6H,3-5H2,1-2H3,(H,11,13). The fourth-order valence-electron chi connectivity index (χ4n) is 1.09. The average molecular weight is 242 g/mol. The minimum atomic E-state index is -0.328. The summed E-state index contributed by atoms with van der Waals surface area (Å²) in [5, 5.41) is 5.32. The summed E-state index contributed by atoms with van der Waals surface area (Å²) in [7, 11) is 1.32. The molecule has 0 unspecified atom stereocenters. The van der Waals surface area contributed by atoms with Gasteiger partial charge in [0.25, 0.3) is 0 Å². The zero-order valence-corrected chi connectivity index (χ0v) is 10.1. The highest BCUT2D eigenvalue weighted by molar-refractivity contribution is 7.09. The van der Waals surface area contributed by atoms with Crippen molar-refractivity contribution < 1.29 is 14.3 Å². The first-order valence-electron chi connectivity index (χ1n) is 4.86. The number of methoxy groups -OCH3 is 1. The second-order valence-corrected chi connectivity index (χ2v) is 4.18. The third-order valence-corrected chi connectivity index (χ3v) is 2.82. The van der Waals surface area contributed by atoms with Crippen LogP contribution >= 0.6 is 11.3 Å². The van der Waals surface area contributed by atoms with E-state index in [1.165, 1.54) is 18.4 Å². The van der Waals surface area contributed by atoms with E-state index < -0.39 is 0 Å². The zero-order valence-electron chi connectivity index (χ0n) is 9.28. The summed E-state index contributed by atoms with van der Waals surface area (Å²) >= 11 is 1.46. The lowest BCUT2D eigenvalue weighted by molar-refractivity contribution is -0.140. The van der Waals surface area contributed by atoms with Crippen LogP contribution in [0.25, 0.3) is 0 Å². The van der Waals surface area contributed by atoms with Gasteiger partial charge in [-0.05, 0) is 6.92 Å². The number of aryl methyl sites for hydroxylation is 1. The van der Waals surface area contributed by atoms with Crippen molar-refractivity contribution >= 4 is 23.2 Å². The third-order valence-electron chi connectivity index (χ3n) is 1.86. The minimum Gasteiger partial charge on any atom is -0.469 e. The number of ether oxygens (including phenoxy) is 1. The fourth-order valence-corrected chi connectivity index (χ4v) is 1.86. The summed E-state index contributed by atoms with van der Waals surface area (Å²) in [4.78, 5) is 26.3. The Balaban J connectivity index is 2.23. The Morgan fingerprint density at radius 2 is 2.31 bits per heavy atom. The molecule has 0 aromatic carbocycles. The van der Waals surface area contributed by atoms with Gasteiger partial charge in [-0.15, -0.1) is 11.3 Å². The molecule has 88 valence electrons. The molecule has 0 radical (unpaired) electrons. The SMILES string of the molecule is COC(=O)CCNC(=O)Cc1nc(C)cs1. The molecule has 0 aliphatic rings. The predicted molar refractivity (Wildman–Crippen MR) is 60.2 cm³/mol. The van der Waals surface area contributed by atoms with Crippen LogP contribution in [0.5, 0.6) is 0 Å². The van der Waals surface area contributed by atoms with Gasteiger partial charge in [-0.3, -0.25) is 9.59 Å². The van der Waals surface area contributed by atoms with Crippen molar-refractivity contribution in [2.75, 3.05) is 13.7 Å². The summed E-state index contributed by atoms with van der Waals surface area (Å²) < 4.78 is 4.45. The van der Waals surface area contributed by atoms with E-state index >= 15 is 0 Å². The molecular weight excluding hydrogens is 228 g/mol. The molecule has 1 heterocycles. The van der Waals surface area contributed by atoms with Gasteiger partial charge in [-0.25, -0.2) is 4.98 Å². The number of hydrogen-bond donors (Lipinski definition) is 1. The number of hydrogen-bond acceptors (Lipinski definition) is 5. The molecule has 1 aromatic heterocycles. The molecule has 6 heteroatoms. The first-order valence-corrected chi connectivity index (χ1v) is 5.74. The van der Waals surface area contributed by atoms with Crippen molar-refractivity contribution in [3.05, 3.63) is 16.1 Å². The number of carbonyl (C=O) groups excluding carboxylic acids is 2. The Morgan fingerprint density at radius 3 is 2.88 bits per heavy atom. The van der Waals surface area contributed by atoms with E-state index in [9.17, 15) is 9.59 Å². The summed E-state index contributed by atoms with van der Waals surface area (Å²) in [6, 6.07) is 0. The molecular formula is C10H14N2O3S. The second-order valence-electron chi connectivity index (χ2n) is 3.24. The number of nitrogens with zero attached hydrogens (tertiary/aromatic N) is 1. The Hall–Kier alpha value is -1.43. The molecule has 0 saturated heterocycles. The van der Waals surface area contributed by atoms with Gasteiger partial charge in [0, 0.05) is 17.6 Å². The summed E-state index contributed by atoms with van der Waals surface area (Å²) in [6.45, 7) is 2.19. The Labute approximate surface area is 97.8 Å². The Bertz CT molecular complexity index is 376. The van der Waals surface area contributed by atoms with Crippen LogP contribution in [-0.2, 0) is 20.7 Å². The quantitative estimate of drug-likeness (QED) is 0.771. The lowest BCUT2D eigenvalue weighted by Crippen LogP contribution is -2.27. The molecule has 16 heavy (non-hydrogen) atoms. The number of esters is 1. The van der Waals surface area contributed by atoms with Crippen molar-refractivity contribution in [1.82, 2.24) is 10.3 Å². The topological polar surface area (TPSA) is 68.3 Å². The molecule has 1 rings (SSSR count). The zero-order chi connectivity index (χ0) is 12.0. The molecule has 0 atom stereocenters. The minimum absolute atomic E-state index is 0.127. The predicted octanol–water partition coefficient (Wildman–Crippen LogP) is 0.673. The third kappa shape index (κ3) is 4.39. The molecule has 0 spiro atoms. The largest absolute Gasteiger partial charge is 0.469 e. The van der Waals surface area contributed by atoms with E-state index in [1.807, 2.05) is 12.3 Å². The summed E-state index contributed by atoms with van der Waals surface area (Å²) in [5.41, 5.74) is 0.919. The highest BCUT2D eigenvalue weighted by atomic mass is 32.1. The smallest absolute Gasteiger partial charge is 0.307 e. The van der Waals surface area contributed by atoms with Gasteiger partial charge in [-0.1, -0.05) is 0 Å². The molecule has 0 aliphatic carbocycles. The molecule has 0 bridgehead atoms. The summed E-state index contributed by atoms with van der Waals surface area (Å²) in [6.07, 6.45) is 0.457. The van der Waals surface area contributed by atoms with Crippen molar-refractivity contribution in [3.63, 3.8) is 0 Å². The first kappa shape index (κ1) is 12.6. The van der Waals surface area contributed by atoms with Crippen molar-refractivity contribution in [2.45, 2.75) is 19.8 Å². The van der Waals surface area contributed by atoms with Gasteiger partial charge in [0.1, 0.15) is 5.01 Å². The molecule has 0 aliphatic heterocycles. The van der Waals surface area contributed by atoms with Crippen molar-refractivity contribution in [2.24, 2.45) is 0 Å². The van der Waals surface area contributed by atoms with Crippen molar-refractivity contribution in [3.8, 4) is 0 Å². The summed E-state index contributed by atoms with van der Waals surface area (Å²) in [5.74, 6) is -0.455. The maximum absolute atomic E-state index is 11.4. The second kappa shape index (κ2) is 6.22. The van der Waals surface area contributed by atoms with Crippen LogP contribution in [0.1, 0.15) is 17.1 Å². The number of carbonyl (C=O) groups is 2. The molecule has 5 nitrogen and oxygen atoms in total. The Kier molecular flexibility index (Phi) is 4.91. The molecule has 0 saturated carbocycles. The van der Waals surface area contributed by atoms with Crippen LogP contribution in [-0.4, -0.2) is 30.5 Å². The lowest BCUT2D eigenvalue weighted by Gasteiger charge is -2.02. The number of amides is 1. The molecule has 1 aromatic rings. The maximum Gasteiger partial charge on any atom is 0.307 e. The lowest BCUT2D eigenvalue weighted by atomic mass is 10.4. The normalized spacial score (nSPS) is 9.88. The number of rotatable bonds is 5. The fraction of sp³-hybridized carbons (Fsp3) is 0.500. The van der Waals surface area contributed by atoms with E-state index in [0.29, 0.717) is 6.54 Å². The molecule has 0 fully saturated rings. The Morgan fingerprint density at radius 1 is 1.56 bits per heavy atom. The van der Waals surface area contributed by atoms with E-state index in [4.69, 9.17) is 0 Å². The van der Waals surface area contributed by atoms with Gasteiger partial charge in [0.2, 0.25) is 5.91 Å². The van der Waals surface area contributed by atoms with Crippen LogP contribution in [0, 0.1) is 6.92 Å². The van der Waals surface area contributed by atoms with Gasteiger partial charge in [0.05, 0.1) is 20.0 Å². The number of nitrogens with one attached hydrogen (secondary N) is 1. The van der Waals surface area contributed by atoms with Crippen LogP contribution in [0.15, 0.2) is 5.38 Å². The number of aromatic nitrogens is 1. The molecule has 1 N–H and O–H groups in total. The first-order chi connectivity index (χ1) is 7.61. The van der Waals surface area contributed by atoms with Crippen LogP contribution in [0.2, 0.25) is 0 Å². The average Bonchev–Trinajstić information content (AvgIpc) is 2.63. The molecule has 1 amide bonds. The van der Waals surface area contributed by atoms with E-state index in [-0.39, 0.29) is 24.7 Å². The van der Waals surface area contributed by atoms with Gasteiger partial charge < -0.3 is 10.1 Å². The van der Waals surface area contributed by atoms with E-state index in [2.05, 4.69) is 15.0 Å². The monoisotopic (exact) mass is 242 g/mol. The van der Waals surface area contributed by atoms with E-state index in [0.717, 1.165) is 10.7 Å². The highest BCUT2D eigenvalue weighted by Gasteiger charge is 2.07. The highest BCUT2D eigenvalue weighted by Crippen LogP contribution is 2.08. The van der Waals surface area contributed by atoms with Gasteiger partial charge in [0.15, 0.2) is 0 Å². The van der Waals surface area contributed by atoms with Crippen LogP contribution < -0.4 is 5.32 Å². The van der Waals surface area contributed by atoms with Gasteiger partial charge >= 0.3 is 5.97 Å². The van der Waals surface area contributed by atoms with Crippen molar-refractivity contribution in [1.29, 1.82) is 0 Å². The van der Waals surface area contributed by atoms with Crippen LogP contribution in [0.3, 0.4) is 0 Å². The van der Waals surface area contributed by atoms with Crippen LogP contribution in [0.4, 0.5) is 0 Å². The maximum atomic E-state index is 11.4. The van der Waals surface area contributed by atoms with E-state index in [1.54, 1.807) is 0 Å². The van der Waals surface area contributed by atoms with Gasteiger partial charge in [-0.2, -0.15) is 0 Å². The number of thiazole rings is 1.